The van der Waals surface area contributed by atoms with E-state index in [1.54, 1.807) is 24.3 Å². The molecular formula is C11H11ClO4. The molecule has 0 unspecified atom stereocenters. The molecule has 4 nitrogen and oxygen atoms in total. The smallest absolute Gasteiger partial charge is 0.307 e. The normalized spacial score (nSPS) is 9.81. The number of carboxylic acid groups (broad SMARTS) is 1. The van der Waals surface area contributed by atoms with Crippen molar-refractivity contribution in [2.75, 3.05) is 6.61 Å². The molecule has 0 bridgehead atoms. The Bertz CT molecular complexity index is 372. The molecule has 0 atom stereocenters. The molecule has 0 fully saturated rings. The number of halogens is 1. The van der Waals surface area contributed by atoms with E-state index in [9.17, 15) is 9.59 Å². The molecule has 0 spiro atoms. The molecule has 5 heteroatoms. The first kappa shape index (κ1) is 12.5. The number of hydrogen-bond donors (Lipinski definition) is 1. The summed E-state index contributed by atoms with van der Waals surface area (Å²) in [7, 11) is 0. The highest BCUT2D eigenvalue weighted by Crippen LogP contribution is 2.13. The Morgan fingerprint density at radius 3 is 2.38 bits per heavy atom. The van der Waals surface area contributed by atoms with Gasteiger partial charge in [-0.15, -0.1) is 0 Å². The summed E-state index contributed by atoms with van der Waals surface area (Å²) >= 11 is 5.14. The van der Waals surface area contributed by atoms with Crippen molar-refractivity contribution in [1.29, 1.82) is 0 Å². The van der Waals surface area contributed by atoms with E-state index in [-0.39, 0.29) is 19.4 Å². The maximum Gasteiger partial charge on any atom is 0.307 e. The molecule has 0 radical (unpaired) electrons. The minimum atomic E-state index is -0.874. The molecule has 1 aromatic carbocycles. The number of aliphatic carboxylic acids is 1. The lowest BCUT2D eigenvalue weighted by Gasteiger charge is -2.04. The second-order valence-corrected chi connectivity index (χ2v) is 3.59. The molecule has 0 aromatic heterocycles. The fourth-order valence-electron chi connectivity index (χ4n) is 1.13. The van der Waals surface area contributed by atoms with Crippen molar-refractivity contribution in [1.82, 2.24) is 0 Å². The first-order valence-corrected chi connectivity index (χ1v) is 5.07. The predicted octanol–water partition coefficient (Wildman–Crippen LogP) is 1.85. The molecule has 1 rings (SSSR count). The number of carbonyl (C=O) groups excluding carboxylic acids is 1. The maximum absolute atomic E-state index is 10.4. The van der Waals surface area contributed by atoms with Crippen LogP contribution in [0.2, 0.25) is 0 Å². The average molecular weight is 243 g/mol. The molecule has 0 saturated heterocycles. The lowest BCUT2D eigenvalue weighted by molar-refractivity contribution is -0.136. The van der Waals surface area contributed by atoms with Crippen LogP contribution in [0.15, 0.2) is 24.3 Å². The number of benzene rings is 1. The van der Waals surface area contributed by atoms with Crippen LogP contribution in [0.25, 0.3) is 0 Å². The Morgan fingerprint density at radius 1 is 1.25 bits per heavy atom. The van der Waals surface area contributed by atoms with Crippen LogP contribution in [0.1, 0.15) is 12.0 Å². The largest absolute Gasteiger partial charge is 0.493 e. The molecule has 0 heterocycles. The molecule has 16 heavy (non-hydrogen) atoms. The first-order chi connectivity index (χ1) is 7.58. The summed E-state index contributed by atoms with van der Waals surface area (Å²) in [6.45, 7) is 0.223. The highest BCUT2D eigenvalue weighted by molar-refractivity contribution is 6.63. The number of carboxylic acids is 1. The van der Waals surface area contributed by atoms with Crippen molar-refractivity contribution >= 4 is 22.8 Å². The van der Waals surface area contributed by atoms with Gasteiger partial charge in [-0.05, 0) is 29.3 Å². The van der Waals surface area contributed by atoms with Gasteiger partial charge in [0.2, 0.25) is 5.24 Å². The minimum absolute atomic E-state index is 0.0134. The Hall–Kier alpha value is -1.55. The van der Waals surface area contributed by atoms with Gasteiger partial charge >= 0.3 is 5.97 Å². The summed E-state index contributed by atoms with van der Waals surface area (Å²) in [6.07, 6.45) is 0.138. The van der Waals surface area contributed by atoms with Crippen LogP contribution in [-0.4, -0.2) is 22.9 Å². The lowest BCUT2D eigenvalue weighted by Crippen LogP contribution is -2.02. The van der Waals surface area contributed by atoms with Crippen LogP contribution < -0.4 is 4.74 Å². The Balaban J connectivity index is 2.45. The lowest BCUT2D eigenvalue weighted by atomic mass is 10.1. The van der Waals surface area contributed by atoms with Crippen LogP contribution in [0.3, 0.4) is 0 Å². The van der Waals surface area contributed by atoms with E-state index in [2.05, 4.69) is 0 Å². The zero-order valence-corrected chi connectivity index (χ0v) is 9.24. The van der Waals surface area contributed by atoms with Gasteiger partial charge in [0.1, 0.15) is 5.75 Å². The molecule has 0 amide bonds. The van der Waals surface area contributed by atoms with E-state index >= 15 is 0 Å². The summed E-state index contributed by atoms with van der Waals surface area (Å²) in [4.78, 5) is 20.8. The van der Waals surface area contributed by atoms with Crippen LogP contribution in [0, 0.1) is 0 Å². The zero-order chi connectivity index (χ0) is 12.0. The zero-order valence-electron chi connectivity index (χ0n) is 8.48. The van der Waals surface area contributed by atoms with Crippen molar-refractivity contribution in [2.45, 2.75) is 12.8 Å². The molecule has 0 aliphatic heterocycles. The van der Waals surface area contributed by atoms with Crippen molar-refractivity contribution in [3.8, 4) is 5.75 Å². The highest BCUT2D eigenvalue weighted by Gasteiger charge is 2.01. The van der Waals surface area contributed by atoms with Gasteiger partial charge in [0.25, 0.3) is 0 Å². The summed E-state index contributed by atoms with van der Waals surface area (Å²) in [5.74, 6) is -0.284. The van der Waals surface area contributed by atoms with E-state index in [1.165, 1.54) is 0 Å². The molecule has 86 valence electrons. The van der Waals surface area contributed by atoms with E-state index in [0.29, 0.717) is 11.3 Å². The number of hydrogen-bond acceptors (Lipinski definition) is 3. The van der Waals surface area contributed by atoms with Crippen LogP contribution in [0.4, 0.5) is 0 Å². The summed E-state index contributed by atoms with van der Waals surface area (Å²) in [5, 5.41) is 8.11. The van der Waals surface area contributed by atoms with Gasteiger partial charge in [-0.2, -0.15) is 0 Å². The number of rotatable bonds is 6. The third-order valence-electron chi connectivity index (χ3n) is 1.85. The molecule has 1 aromatic rings. The number of carbonyl (C=O) groups is 2. The topological polar surface area (TPSA) is 63.6 Å². The second-order valence-electron chi connectivity index (χ2n) is 3.17. The Morgan fingerprint density at radius 2 is 1.88 bits per heavy atom. The van der Waals surface area contributed by atoms with Gasteiger partial charge in [-0.1, -0.05) is 12.1 Å². The summed E-state index contributed by atoms with van der Waals surface area (Å²) in [6, 6.07) is 6.67. The third kappa shape index (κ3) is 4.79. The van der Waals surface area contributed by atoms with Gasteiger partial charge in [0, 0.05) is 0 Å². The SMILES string of the molecule is O=C(O)Cc1ccc(OCCC(=O)Cl)cc1. The van der Waals surface area contributed by atoms with E-state index in [4.69, 9.17) is 21.4 Å². The Kier molecular flexibility index (Phi) is 4.79. The monoisotopic (exact) mass is 242 g/mol. The molecule has 0 aliphatic rings. The quantitative estimate of drug-likeness (QED) is 0.774. The van der Waals surface area contributed by atoms with Crippen molar-refractivity contribution < 1.29 is 19.4 Å². The molecular weight excluding hydrogens is 232 g/mol. The molecule has 0 aliphatic carbocycles. The van der Waals surface area contributed by atoms with E-state index < -0.39 is 11.2 Å². The summed E-state index contributed by atoms with van der Waals surface area (Å²) in [5.41, 5.74) is 0.702. The van der Waals surface area contributed by atoms with Crippen LogP contribution >= 0.6 is 11.6 Å². The van der Waals surface area contributed by atoms with Gasteiger partial charge < -0.3 is 9.84 Å². The predicted molar refractivity (Wildman–Crippen MR) is 58.8 cm³/mol. The fourth-order valence-corrected chi connectivity index (χ4v) is 1.20. The standard InChI is InChI=1S/C11H11ClO4/c12-10(13)5-6-16-9-3-1-8(2-4-9)7-11(14)15/h1-4H,5-7H2,(H,14,15). The van der Waals surface area contributed by atoms with Gasteiger partial charge in [-0.3, -0.25) is 9.59 Å². The van der Waals surface area contributed by atoms with Gasteiger partial charge in [0.15, 0.2) is 0 Å². The average Bonchev–Trinajstić information content (AvgIpc) is 2.19. The Labute approximate surface area is 97.8 Å². The molecule has 1 N–H and O–H groups in total. The second kappa shape index (κ2) is 6.12. The van der Waals surface area contributed by atoms with E-state index in [0.717, 1.165) is 0 Å². The fraction of sp³-hybridized carbons (Fsp3) is 0.273. The van der Waals surface area contributed by atoms with Crippen molar-refractivity contribution in [2.24, 2.45) is 0 Å². The van der Waals surface area contributed by atoms with E-state index in [1.807, 2.05) is 0 Å². The third-order valence-corrected chi connectivity index (χ3v) is 2.04. The molecule has 0 saturated carbocycles. The van der Waals surface area contributed by atoms with Crippen molar-refractivity contribution in [3.05, 3.63) is 29.8 Å². The van der Waals surface area contributed by atoms with Crippen molar-refractivity contribution in [3.63, 3.8) is 0 Å². The van der Waals surface area contributed by atoms with Gasteiger partial charge in [-0.25, -0.2) is 0 Å². The number of ether oxygens (including phenoxy) is 1. The van der Waals surface area contributed by atoms with Crippen LogP contribution in [-0.2, 0) is 16.0 Å². The maximum atomic E-state index is 10.4. The minimum Gasteiger partial charge on any atom is -0.493 e. The summed E-state index contributed by atoms with van der Waals surface area (Å²) < 4.78 is 5.22. The first-order valence-electron chi connectivity index (χ1n) is 4.70. The van der Waals surface area contributed by atoms with Crippen LogP contribution in [0.5, 0.6) is 5.75 Å². The highest BCUT2D eigenvalue weighted by atomic mass is 35.5. The van der Waals surface area contributed by atoms with Gasteiger partial charge in [0.05, 0.1) is 19.4 Å².